The predicted molar refractivity (Wildman–Crippen MR) is 226 cm³/mol. The molecule has 8 aromatic carbocycles. The van der Waals surface area contributed by atoms with Gasteiger partial charge < -0.3 is 9.80 Å². The number of rotatable bonds is 8. The molecule has 0 aliphatic heterocycles. The molecule has 0 spiro atoms. The molecule has 0 N–H and O–H groups in total. The van der Waals surface area contributed by atoms with Crippen LogP contribution >= 0.6 is 0 Å². The molecule has 0 saturated carbocycles. The summed E-state index contributed by atoms with van der Waals surface area (Å²) in [5, 5.41) is 2.47. The highest BCUT2D eigenvalue weighted by Crippen LogP contribution is 2.51. The van der Waals surface area contributed by atoms with E-state index in [0.29, 0.717) is 0 Å². The average molecular weight is 681 g/mol. The fraction of sp³-hybridized carbons (Fsp3) is 0.0588. The van der Waals surface area contributed by atoms with E-state index in [2.05, 4.69) is 230 Å². The number of fused-ring (bicyclic) bond motifs is 4. The van der Waals surface area contributed by atoms with Gasteiger partial charge in [0.15, 0.2) is 0 Å². The molecule has 0 fully saturated rings. The van der Waals surface area contributed by atoms with Gasteiger partial charge in [-0.05, 0) is 117 Å². The summed E-state index contributed by atoms with van der Waals surface area (Å²) in [5.41, 5.74) is 14.4. The Hall–Kier alpha value is -6.64. The second kappa shape index (κ2) is 13.5. The van der Waals surface area contributed by atoms with Crippen LogP contribution in [0.3, 0.4) is 0 Å². The van der Waals surface area contributed by atoms with Gasteiger partial charge in [0.05, 0.1) is 0 Å². The Morgan fingerprint density at radius 2 is 0.755 bits per heavy atom. The van der Waals surface area contributed by atoms with Crippen molar-refractivity contribution in [1.82, 2.24) is 0 Å². The normalized spacial score (nSPS) is 12.8. The maximum Gasteiger partial charge on any atom is 0.0468 e. The number of hydrogen-bond acceptors (Lipinski definition) is 2. The van der Waals surface area contributed by atoms with Gasteiger partial charge in [-0.3, -0.25) is 0 Å². The van der Waals surface area contributed by atoms with Crippen LogP contribution in [0.5, 0.6) is 0 Å². The van der Waals surface area contributed by atoms with E-state index >= 15 is 0 Å². The number of benzene rings is 8. The molecule has 53 heavy (non-hydrogen) atoms. The van der Waals surface area contributed by atoms with Gasteiger partial charge in [-0.25, -0.2) is 0 Å². The smallest absolute Gasteiger partial charge is 0.0468 e. The van der Waals surface area contributed by atoms with E-state index in [9.17, 15) is 0 Å². The first-order valence-corrected chi connectivity index (χ1v) is 18.3. The van der Waals surface area contributed by atoms with Gasteiger partial charge in [-0.15, -0.1) is 0 Å². The molecule has 0 unspecified atom stereocenters. The molecule has 254 valence electrons. The van der Waals surface area contributed by atoms with Crippen molar-refractivity contribution in [2.45, 2.75) is 19.3 Å². The molecule has 8 aromatic rings. The molecule has 0 aromatic heterocycles. The van der Waals surface area contributed by atoms with Crippen LogP contribution in [0.1, 0.15) is 36.1 Å². The maximum absolute atomic E-state index is 2.39. The minimum absolute atomic E-state index is 0.144. The van der Waals surface area contributed by atoms with Crippen molar-refractivity contribution in [2.75, 3.05) is 9.80 Å². The third-order valence-electron chi connectivity index (χ3n) is 10.6. The van der Waals surface area contributed by atoms with Crippen LogP contribution in [-0.2, 0) is 5.41 Å². The van der Waals surface area contributed by atoms with Crippen molar-refractivity contribution in [3.8, 4) is 11.1 Å². The number of hydrogen-bond donors (Lipinski definition) is 0. The van der Waals surface area contributed by atoms with Gasteiger partial charge in [0.2, 0.25) is 0 Å². The first-order valence-electron chi connectivity index (χ1n) is 18.3. The largest absolute Gasteiger partial charge is 0.310 e. The van der Waals surface area contributed by atoms with E-state index in [1.54, 1.807) is 0 Å². The molecule has 0 atom stereocenters. The highest BCUT2D eigenvalue weighted by Gasteiger charge is 2.36. The number of anilines is 6. The van der Waals surface area contributed by atoms with E-state index < -0.39 is 0 Å². The third-order valence-corrected chi connectivity index (χ3v) is 10.6. The standard InChI is InChI=1S/C51H40N2/c1-51(2)49-34-38(26-32-47(49)48-33-31-46(36-50(48)51)52(41-16-6-3-7-17-41)42-18-8-4-9-19-42)23-22-37-24-28-44(29-25-37)53(43-20-10-5-11-21-43)45-30-27-39-14-12-13-15-40(39)35-45/h3-36H,1-2H3. The van der Waals surface area contributed by atoms with Crippen molar-refractivity contribution in [1.29, 1.82) is 0 Å². The fourth-order valence-corrected chi connectivity index (χ4v) is 7.85. The fourth-order valence-electron chi connectivity index (χ4n) is 7.85. The topological polar surface area (TPSA) is 6.48 Å². The summed E-state index contributed by atoms with van der Waals surface area (Å²) in [6.45, 7) is 4.72. The molecule has 0 saturated heterocycles. The lowest BCUT2D eigenvalue weighted by Gasteiger charge is -2.28. The third kappa shape index (κ3) is 6.09. The van der Waals surface area contributed by atoms with Crippen molar-refractivity contribution in [2.24, 2.45) is 0 Å². The zero-order valence-corrected chi connectivity index (χ0v) is 30.0. The van der Waals surface area contributed by atoms with Crippen LogP contribution < -0.4 is 9.80 Å². The molecule has 2 heteroatoms. The summed E-state index contributed by atoms with van der Waals surface area (Å²) >= 11 is 0. The summed E-state index contributed by atoms with van der Waals surface area (Å²) in [6.07, 6.45) is 4.46. The quantitative estimate of drug-likeness (QED) is 0.147. The SMILES string of the molecule is CC1(C)c2cc(C=Cc3ccc(N(c4ccccc4)c4ccc5ccccc5c4)cc3)ccc2-c2ccc(N(c3ccccc3)c3ccccc3)cc21. The van der Waals surface area contributed by atoms with Gasteiger partial charge in [0.1, 0.15) is 0 Å². The molecular weight excluding hydrogens is 641 g/mol. The summed E-state index contributed by atoms with van der Waals surface area (Å²) in [6, 6.07) is 69.8. The van der Waals surface area contributed by atoms with E-state index in [1.807, 2.05) is 0 Å². The lowest BCUT2D eigenvalue weighted by molar-refractivity contribution is 0.660. The van der Waals surface area contributed by atoms with Gasteiger partial charge in [-0.1, -0.05) is 147 Å². The average Bonchev–Trinajstić information content (AvgIpc) is 3.44. The summed E-state index contributed by atoms with van der Waals surface area (Å²) in [5.74, 6) is 0. The molecule has 0 heterocycles. The van der Waals surface area contributed by atoms with Crippen LogP contribution in [0.15, 0.2) is 194 Å². The minimum atomic E-state index is -0.144. The first-order chi connectivity index (χ1) is 26.0. The molecule has 0 radical (unpaired) electrons. The zero-order valence-electron chi connectivity index (χ0n) is 30.0. The van der Waals surface area contributed by atoms with Crippen LogP contribution in [0.25, 0.3) is 34.1 Å². The highest BCUT2D eigenvalue weighted by atomic mass is 15.1. The van der Waals surface area contributed by atoms with Crippen LogP contribution in [0.4, 0.5) is 34.1 Å². The second-order valence-electron chi connectivity index (χ2n) is 14.3. The predicted octanol–water partition coefficient (Wildman–Crippen LogP) is 14.3. The van der Waals surface area contributed by atoms with Crippen LogP contribution in [-0.4, -0.2) is 0 Å². The lowest BCUT2D eigenvalue weighted by atomic mass is 9.81. The van der Waals surface area contributed by atoms with Crippen molar-refractivity contribution in [3.63, 3.8) is 0 Å². The number of nitrogens with zero attached hydrogens (tertiary/aromatic N) is 2. The highest BCUT2D eigenvalue weighted by molar-refractivity contribution is 5.90. The van der Waals surface area contributed by atoms with Crippen molar-refractivity contribution >= 4 is 57.0 Å². The lowest BCUT2D eigenvalue weighted by Crippen LogP contribution is -2.16. The molecular formula is C51H40N2. The Labute approximate surface area is 312 Å². The molecule has 2 nitrogen and oxygen atoms in total. The van der Waals surface area contributed by atoms with Crippen molar-refractivity contribution in [3.05, 3.63) is 216 Å². The summed E-state index contributed by atoms with van der Waals surface area (Å²) in [7, 11) is 0. The Morgan fingerprint density at radius 3 is 1.36 bits per heavy atom. The Balaban J connectivity index is 0.998. The molecule has 0 amide bonds. The van der Waals surface area contributed by atoms with Gasteiger partial charge >= 0.3 is 0 Å². The second-order valence-corrected chi connectivity index (χ2v) is 14.3. The molecule has 9 rings (SSSR count). The molecule has 1 aliphatic carbocycles. The minimum Gasteiger partial charge on any atom is -0.310 e. The van der Waals surface area contributed by atoms with Gasteiger partial charge in [0.25, 0.3) is 0 Å². The van der Waals surface area contributed by atoms with E-state index in [0.717, 1.165) is 39.7 Å². The first kappa shape index (κ1) is 32.3. The monoisotopic (exact) mass is 680 g/mol. The summed E-state index contributed by atoms with van der Waals surface area (Å²) in [4.78, 5) is 4.67. The number of para-hydroxylation sites is 3. The Bertz CT molecular complexity index is 2530. The van der Waals surface area contributed by atoms with E-state index in [-0.39, 0.29) is 5.41 Å². The van der Waals surface area contributed by atoms with Gasteiger partial charge in [0, 0.05) is 39.5 Å². The zero-order chi connectivity index (χ0) is 35.8. The van der Waals surface area contributed by atoms with Gasteiger partial charge in [-0.2, -0.15) is 0 Å². The Morgan fingerprint density at radius 1 is 0.340 bits per heavy atom. The Kier molecular flexibility index (Phi) is 8.21. The maximum atomic E-state index is 2.39. The van der Waals surface area contributed by atoms with E-state index in [1.165, 1.54) is 38.6 Å². The molecule has 1 aliphatic rings. The van der Waals surface area contributed by atoms with Crippen molar-refractivity contribution < 1.29 is 0 Å². The van der Waals surface area contributed by atoms with Crippen LogP contribution in [0.2, 0.25) is 0 Å². The van der Waals surface area contributed by atoms with Crippen LogP contribution in [0, 0.1) is 0 Å². The summed E-state index contributed by atoms with van der Waals surface area (Å²) < 4.78 is 0. The molecule has 0 bridgehead atoms. The van der Waals surface area contributed by atoms with E-state index in [4.69, 9.17) is 0 Å².